The van der Waals surface area contributed by atoms with E-state index in [2.05, 4.69) is 11.9 Å². The van der Waals surface area contributed by atoms with Gasteiger partial charge >= 0.3 is 0 Å². The van der Waals surface area contributed by atoms with Crippen molar-refractivity contribution in [3.05, 3.63) is 18.2 Å². The molecule has 3 heteroatoms. The lowest BCUT2D eigenvalue weighted by Crippen LogP contribution is -2.11. The Morgan fingerprint density at radius 2 is 2.38 bits per heavy atom. The van der Waals surface area contributed by atoms with Gasteiger partial charge in [0, 0.05) is 25.9 Å². The van der Waals surface area contributed by atoms with Gasteiger partial charge in [0.15, 0.2) is 11.6 Å². The number of imidazole rings is 1. The normalized spacial score (nSPS) is 18.6. The van der Waals surface area contributed by atoms with E-state index in [4.69, 9.17) is 0 Å². The minimum absolute atomic E-state index is 0.174. The Balaban J connectivity index is 2.09. The lowest BCUT2D eigenvalue weighted by atomic mass is 10.0. The fraction of sp³-hybridized carbons (Fsp3) is 0.600. The summed E-state index contributed by atoms with van der Waals surface area (Å²) >= 11 is 0. The molecule has 0 aromatic carbocycles. The van der Waals surface area contributed by atoms with E-state index in [0.717, 1.165) is 0 Å². The zero-order valence-corrected chi connectivity index (χ0v) is 8.08. The van der Waals surface area contributed by atoms with Crippen molar-refractivity contribution in [3.63, 3.8) is 0 Å². The van der Waals surface area contributed by atoms with Crippen LogP contribution in [0, 0.1) is 5.41 Å². The summed E-state index contributed by atoms with van der Waals surface area (Å²) in [5.74, 6) is 0.764. The smallest absolute Gasteiger partial charge is 0.198 e. The predicted molar refractivity (Wildman–Crippen MR) is 49.5 cm³/mol. The second-order valence-electron chi connectivity index (χ2n) is 4.27. The highest BCUT2D eigenvalue weighted by Crippen LogP contribution is 2.48. The van der Waals surface area contributed by atoms with Gasteiger partial charge in [-0.15, -0.1) is 0 Å². The van der Waals surface area contributed by atoms with Gasteiger partial charge < -0.3 is 4.57 Å². The number of rotatable bonds is 3. The summed E-state index contributed by atoms with van der Waals surface area (Å²) < 4.78 is 1.79. The molecule has 2 rings (SSSR count). The highest BCUT2D eigenvalue weighted by molar-refractivity contribution is 5.93. The van der Waals surface area contributed by atoms with Crippen molar-refractivity contribution in [2.24, 2.45) is 12.5 Å². The molecule has 0 spiro atoms. The largest absolute Gasteiger partial charge is 0.332 e. The molecule has 0 amide bonds. The van der Waals surface area contributed by atoms with E-state index in [-0.39, 0.29) is 11.2 Å². The third-order valence-electron chi connectivity index (χ3n) is 2.76. The molecule has 0 unspecified atom stereocenters. The maximum Gasteiger partial charge on any atom is 0.198 e. The fourth-order valence-electron chi connectivity index (χ4n) is 1.49. The van der Waals surface area contributed by atoms with E-state index in [0.29, 0.717) is 12.2 Å². The standard InChI is InChI=1S/C10H14N2O/c1-10(3-4-10)7-8(13)9-11-5-6-12(9)2/h5-6H,3-4,7H2,1-2H3. The second kappa shape index (κ2) is 2.69. The zero-order valence-electron chi connectivity index (χ0n) is 8.08. The van der Waals surface area contributed by atoms with Crippen LogP contribution in [0.4, 0.5) is 0 Å². The minimum atomic E-state index is 0.174. The Morgan fingerprint density at radius 3 is 2.85 bits per heavy atom. The molecule has 0 radical (unpaired) electrons. The number of carbonyl (C=O) groups excluding carboxylic acids is 1. The Kier molecular flexibility index (Phi) is 1.75. The van der Waals surface area contributed by atoms with Gasteiger partial charge in [0.1, 0.15) is 0 Å². The van der Waals surface area contributed by atoms with Gasteiger partial charge in [0.2, 0.25) is 0 Å². The van der Waals surface area contributed by atoms with Crippen molar-refractivity contribution in [3.8, 4) is 0 Å². The molecule has 70 valence electrons. The zero-order chi connectivity index (χ0) is 9.47. The molecule has 1 saturated carbocycles. The summed E-state index contributed by atoms with van der Waals surface area (Å²) in [6.07, 6.45) is 6.50. The average Bonchev–Trinajstić information content (AvgIpc) is 2.63. The van der Waals surface area contributed by atoms with Gasteiger partial charge in [-0.2, -0.15) is 0 Å². The van der Waals surface area contributed by atoms with Crippen LogP contribution in [0.2, 0.25) is 0 Å². The van der Waals surface area contributed by atoms with Crippen molar-refractivity contribution in [1.29, 1.82) is 0 Å². The van der Waals surface area contributed by atoms with E-state index in [1.165, 1.54) is 12.8 Å². The molecule has 1 aromatic heterocycles. The lowest BCUT2D eigenvalue weighted by molar-refractivity contribution is 0.0946. The third-order valence-corrected chi connectivity index (χ3v) is 2.76. The van der Waals surface area contributed by atoms with Gasteiger partial charge in [-0.3, -0.25) is 4.79 Å². The van der Waals surface area contributed by atoms with Crippen molar-refractivity contribution in [1.82, 2.24) is 9.55 Å². The Morgan fingerprint density at radius 1 is 1.69 bits per heavy atom. The maximum atomic E-state index is 11.7. The lowest BCUT2D eigenvalue weighted by Gasteiger charge is -2.05. The summed E-state index contributed by atoms with van der Waals surface area (Å²) in [7, 11) is 1.86. The number of ketones is 1. The second-order valence-corrected chi connectivity index (χ2v) is 4.27. The van der Waals surface area contributed by atoms with Crippen LogP contribution in [-0.4, -0.2) is 15.3 Å². The number of carbonyl (C=O) groups is 1. The highest BCUT2D eigenvalue weighted by atomic mass is 16.1. The van der Waals surface area contributed by atoms with Crippen molar-refractivity contribution < 1.29 is 4.79 Å². The van der Waals surface area contributed by atoms with E-state index in [1.807, 2.05) is 13.2 Å². The number of Topliss-reactive ketones (excluding diaryl/α,β-unsaturated/α-hetero) is 1. The molecule has 3 nitrogen and oxygen atoms in total. The van der Waals surface area contributed by atoms with Crippen LogP contribution >= 0.6 is 0 Å². The summed E-state index contributed by atoms with van der Waals surface area (Å²) in [6.45, 7) is 2.16. The van der Waals surface area contributed by atoms with Crippen LogP contribution in [0.3, 0.4) is 0 Å². The summed E-state index contributed by atoms with van der Waals surface area (Å²) in [5, 5.41) is 0. The summed E-state index contributed by atoms with van der Waals surface area (Å²) in [4.78, 5) is 15.7. The quantitative estimate of drug-likeness (QED) is 0.661. The van der Waals surface area contributed by atoms with Crippen LogP contribution in [0.5, 0.6) is 0 Å². The molecule has 0 atom stereocenters. The van der Waals surface area contributed by atoms with Gasteiger partial charge in [0.05, 0.1) is 0 Å². The Bertz CT molecular complexity index is 336. The molecule has 0 saturated heterocycles. The first-order valence-corrected chi connectivity index (χ1v) is 4.61. The van der Waals surface area contributed by atoms with E-state index in [9.17, 15) is 4.79 Å². The van der Waals surface area contributed by atoms with Crippen molar-refractivity contribution in [2.75, 3.05) is 0 Å². The van der Waals surface area contributed by atoms with Crippen molar-refractivity contribution in [2.45, 2.75) is 26.2 Å². The molecule has 1 aliphatic rings. The molecular formula is C10H14N2O. The van der Waals surface area contributed by atoms with E-state index >= 15 is 0 Å². The molecule has 0 bridgehead atoms. The number of hydrogen-bond acceptors (Lipinski definition) is 2. The van der Waals surface area contributed by atoms with E-state index < -0.39 is 0 Å². The number of nitrogens with zero attached hydrogens (tertiary/aromatic N) is 2. The first-order valence-electron chi connectivity index (χ1n) is 4.61. The molecule has 1 aliphatic carbocycles. The number of hydrogen-bond donors (Lipinski definition) is 0. The SMILES string of the molecule is Cn1ccnc1C(=O)CC1(C)CC1. The molecule has 1 aromatic rings. The molecule has 1 heterocycles. The Labute approximate surface area is 77.8 Å². The molecular weight excluding hydrogens is 164 g/mol. The van der Waals surface area contributed by atoms with Crippen LogP contribution in [0.15, 0.2) is 12.4 Å². The monoisotopic (exact) mass is 178 g/mol. The maximum absolute atomic E-state index is 11.7. The van der Waals surface area contributed by atoms with Crippen LogP contribution in [-0.2, 0) is 7.05 Å². The number of aryl methyl sites for hydroxylation is 1. The van der Waals surface area contributed by atoms with E-state index in [1.54, 1.807) is 10.8 Å². The third kappa shape index (κ3) is 1.64. The summed E-state index contributed by atoms with van der Waals surface area (Å²) in [5.41, 5.74) is 0.281. The minimum Gasteiger partial charge on any atom is -0.332 e. The van der Waals surface area contributed by atoms with Gasteiger partial charge in [-0.1, -0.05) is 6.92 Å². The molecule has 0 aliphatic heterocycles. The fourth-order valence-corrected chi connectivity index (χ4v) is 1.49. The molecule has 13 heavy (non-hydrogen) atoms. The molecule has 0 N–H and O–H groups in total. The topological polar surface area (TPSA) is 34.9 Å². The first-order chi connectivity index (χ1) is 6.11. The van der Waals surface area contributed by atoms with Gasteiger partial charge in [-0.05, 0) is 18.3 Å². The van der Waals surface area contributed by atoms with Crippen LogP contribution < -0.4 is 0 Å². The average molecular weight is 178 g/mol. The van der Waals surface area contributed by atoms with Crippen LogP contribution in [0.1, 0.15) is 36.8 Å². The predicted octanol–water partition coefficient (Wildman–Crippen LogP) is 1.79. The van der Waals surface area contributed by atoms with Gasteiger partial charge in [-0.25, -0.2) is 4.98 Å². The Hall–Kier alpha value is -1.12. The number of aromatic nitrogens is 2. The van der Waals surface area contributed by atoms with Crippen molar-refractivity contribution >= 4 is 5.78 Å². The van der Waals surface area contributed by atoms with Crippen LogP contribution in [0.25, 0.3) is 0 Å². The molecule has 1 fully saturated rings. The first kappa shape index (κ1) is 8.48. The van der Waals surface area contributed by atoms with Gasteiger partial charge in [0.25, 0.3) is 0 Å². The highest BCUT2D eigenvalue weighted by Gasteiger charge is 2.39. The summed E-state index contributed by atoms with van der Waals surface area (Å²) in [6, 6.07) is 0.